The molecule has 4 rings (SSSR count). The number of fused-ring (bicyclic) bond motifs is 1. The van der Waals surface area contributed by atoms with Gasteiger partial charge in [0.05, 0.1) is 6.04 Å². The Morgan fingerprint density at radius 1 is 1.27 bits per heavy atom. The molecule has 1 aliphatic rings. The summed E-state index contributed by atoms with van der Waals surface area (Å²) < 4.78 is 8.80. The predicted molar refractivity (Wildman–Crippen MR) is 86.1 cm³/mol. The second-order valence-electron chi connectivity index (χ2n) is 5.58. The average molecular weight is 312 g/mol. The SMILES string of the molecule is O=C(O[C@@H]1CCC[C@H]1n1cccn1)c1cc2ccccc2s1. The van der Waals surface area contributed by atoms with Crippen LogP contribution in [0.25, 0.3) is 10.1 Å². The lowest BCUT2D eigenvalue weighted by molar-refractivity contribution is 0.0215. The van der Waals surface area contributed by atoms with Crippen LogP contribution in [0.15, 0.2) is 48.8 Å². The van der Waals surface area contributed by atoms with E-state index in [4.69, 9.17) is 4.74 Å². The van der Waals surface area contributed by atoms with Crippen LogP contribution in [-0.2, 0) is 4.74 Å². The van der Waals surface area contributed by atoms with Gasteiger partial charge in [-0.1, -0.05) is 18.2 Å². The lowest BCUT2D eigenvalue weighted by atomic mass is 10.2. The van der Waals surface area contributed by atoms with E-state index in [1.165, 1.54) is 11.3 Å². The number of hydrogen-bond donors (Lipinski definition) is 0. The summed E-state index contributed by atoms with van der Waals surface area (Å²) in [6.07, 6.45) is 6.60. The molecule has 1 saturated carbocycles. The zero-order valence-electron chi connectivity index (χ0n) is 12.0. The van der Waals surface area contributed by atoms with Gasteiger partial charge in [0.2, 0.25) is 0 Å². The van der Waals surface area contributed by atoms with Crippen LogP contribution in [0.1, 0.15) is 35.0 Å². The van der Waals surface area contributed by atoms with E-state index in [0.29, 0.717) is 4.88 Å². The van der Waals surface area contributed by atoms with Crippen molar-refractivity contribution in [3.8, 4) is 0 Å². The zero-order chi connectivity index (χ0) is 14.9. The number of aromatic nitrogens is 2. The first-order valence-electron chi connectivity index (χ1n) is 7.50. The number of ether oxygens (including phenoxy) is 1. The number of benzene rings is 1. The highest BCUT2D eigenvalue weighted by Crippen LogP contribution is 2.33. The molecule has 2 heterocycles. The fraction of sp³-hybridized carbons (Fsp3) is 0.294. The van der Waals surface area contributed by atoms with Crippen LogP contribution in [0.5, 0.6) is 0 Å². The van der Waals surface area contributed by atoms with E-state index in [0.717, 1.165) is 29.3 Å². The van der Waals surface area contributed by atoms with Crippen molar-refractivity contribution in [3.63, 3.8) is 0 Å². The zero-order valence-corrected chi connectivity index (χ0v) is 12.8. The summed E-state index contributed by atoms with van der Waals surface area (Å²) >= 11 is 1.49. The van der Waals surface area contributed by atoms with E-state index in [-0.39, 0.29) is 18.1 Å². The summed E-state index contributed by atoms with van der Waals surface area (Å²) in [4.78, 5) is 13.1. The van der Waals surface area contributed by atoms with E-state index in [1.807, 2.05) is 47.3 Å². The Morgan fingerprint density at radius 3 is 3.00 bits per heavy atom. The number of esters is 1. The second kappa shape index (κ2) is 5.57. The minimum atomic E-state index is -0.217. The Labute approximate surface area is 132 Å². The predicted octanol–water partition coefficient (Wildman–Crippen LogP) is 4.05. The molecule has 0 spiro atoms. The summed E-state index contributed by atoms with van der Waals surface area (Å²) in [5.74, 6) is -0.217. The highest BCUT2D eigenvalue weighted by Gasteiger charge is 2.32. The Morgan fingerprint density at radius 2 is 2.18 bits per heavy atom. The highest BCUT2D eigenvalue weighted by atomic mass is 32.1. The molecular weight excluding hydrogens is 296 g/mol. The molecule has 2 aromatic heterocycles. The largest absolute Gasteiger partial charge is 0.456 e. The maximum atomic E-state index is 12.4. The third kappa shape index (κ3) is 2.41. The maximum absolute atomic E-state index is 12.4. The molecule has 3 aromatic rings. The van der Waals surface area contributed by atoms with Crippen molar-refractivity contribution in [2.24, 2.45) is 0 Å². The van der Waals surface area contributed by atoms with Crippen molar-refractivity contribution in [2.45, 2.75) is 31.4 Å². The van der Waals surface area contributed by atoms with E-state index >= 15 is 0 Å². The van der Waals surface area contributed by atoms with Gasteiger partial charge < -0.3 is 4.74 Å². The number of hydrogen-bond acceptors (Lipinski definition) is 4. The van der Waals surface area contributed by atoms with Crippen molar-refractivity contribution >= 4 is 27.4 Å². The molecule has 0 N–H and O–H groups in total. The molecule has 1 aromatic carbocycles. The second-order valence-corrected chi connectivity index (χ2v) is 6.66. The molecule has 1 aliphatic carbocycles. The molecule has 0 saturated heterocycles. The molecule has 1 fully saturated rings. The van der Waals surface area contributed by atoms with Gasteiger partial charge in [0, 0.05) is 17.1 Å². The van der Waals surface area contributed by atoms with Crippen LogP contribution in [0.3, 0.4) is 0 Å². The van der Waals surface area contributed by atoms with E-state index < -0.39 is 0 Å². The van der Waals surface area contributed by atoms with Gasteiger partial charge in [0.25, 0.3) is 0 Å². The van der Waals surface area contributed by atoms with Crippen molar-refractivity contribution in [2.75, 3.05) is 0 Å². The van der Waals surface area contributed by atoms with Crippen molar-refractivity contribution in [3.05, 3.63) is 53.7 Å². The molecule has 0 aliphatic heterocycles. The molecule has 112 valence electrons. The number of carbonyl (C=O) groups excluding carboxylic acids is 1. The van der Waals surface area contributed by atoms with Crippen molar-refractivity contribution in [1.82, 2.24) is 9.78 Å². The molecular formula is C17H16N2O2S. The standard InChI is InChI=1S/C17H16N2O2S/c20-17(16-11-12-5-1-2-8-15(12)22-16)21-14-7-3-6-13(14)19-10-4-9-18-19/h1-2,4-5,8-11,13-14H,3,6-7H2/t13-,14-/m1/s1. The monoisotopic (exact) mass is 312 g/mol. The van der Waals surface area contributed by atoms with Gasteiger partial charge in [-0.05, 0) is 42.8 Å². The van der Waals surface area contributed by atoms with E-state index in [2.05, 4.69) is 5.10 Å². The smallest absolute Gasteiger partial charge is 0.348 e. The number of nitrogens with zero attached hydrogens (tertiary/aromatic N) is 2. The molecule has 0 bridgehead atoms. The van der Waals surface area contributed by atoms with Gasteiger partial charge in [-0.2, -0.15) is 5.10 Å². The van der Waals surface area contributed by atoms with Gasteiger partial charge in [-0.25, -0.2) is 4.79 Å². The van der Waals surface area contributed by atoms with E-state index in [1.54, 1.807) is 6.20 Å². The molecule has 4 nitrogen and oxygen atoms in total. The molecule has 5 heteroatoms. The van der Waals surface area contributed by atoms with Gasteiger partial charge >= 0.3 is 5.97 Å². The Bertz CT molecular complexity index is 761. The number of thiophene rings is 1. The Balaban J connectivity index is 1.53. The molecule has 0 unspecified atom stereocenters. The van der Waals surface area contributed by atoms with Gasteiger partial charge in [0.1, 0.15) is 11.0 Å². The summed E-state index contributed by atoms with van der Waals surface area (Å²) in [7, 11) is 0. The fourth-order valence-electron chi connectivity index (χ4n) is 3.10. The maximum Gasteiger partial charge on any atom is 0.348 e. The topological polar surface area (TPSA) is 44.1 Å². The average Bonchev–Trinajstić information content (AvgIpc) is 3.26. The van der Waals surface area contributed by atoms with E-state index in [9.17, 15) is 4.79 Å². The van der Waals surface area contributed by atoms with Crippen LogP contribution in [0.4, 0.5) is 0 Å². The van der Waals surface area contributed by atoms with Crippen LogP contribution in [-0.4, -0.2) is 21.9 Å². The fourth-order valence-corrected chi connectivity index (χ4v) is 4.05. The van der Waals surface area contributed by atoms with Crippen molar-refractivity contribution in [1.29, 1.82) is 0 Å². The molecule has 0 radical (unpaired) electrons. The third-order valence-electron chi connectivity index (χ3n) is 4.17. The van der Waals surface area contributed by atoms with Crippen LogP contribution >= 0.6 is 11.3 Å². The van der Waals surface area contributed by atoms with Gasteiger partial charge in [-0.15, -0.1) is 11.3 Å². The first-order chi connectivity index (χ1) is 10.8. The normalized spacial score (nSPS) is 21.3. The number of carbonyl (C=O) groups is 1. The van der Waals surface area contributed by atoms with Crippen molar-refractivity contribution < 1.29 is 9.53 Å². The lowest BCUT2D eigenvalue weighted by Crippen LogP contribution is -2.25. The van der Waals surface area contributed by atoms with Gasteiger partial charge in [-0.3, -0.25) is 4.68 Å². The number of rotatable bonds is 3. The molecule has 2 atom stereocenters. The lowest BCUT2D eigenvalue weighted by Gasteiger charge is -2.20. The third-order valence-corrected chi connectivity index (χ3v) is 5.26. The first-order valence-corrected chi connectivity index (χ1v) is 8.31. The summed E-state index contributed by atoms with van der Waals surface area (Å²) in [5, 5.41) is 5.38. The summed E-state index contributed by atoms with van der Waals surface area (Å²) in [6, 6.07) is 12.0. The van der Waals surface area contributed by atoms with Crippen LogP contribution in [0, 0.1) is 0 Å². The quantitative estimate of drug-likeness (QED) is 0.685. The summed E-state index contributed by atoms with van der Waals surface area (Å²) in [6.45, 7) is 0. The highest BCUT2D eigenvalue weighted by molar-refractivity contribution is 7.20. The summed E-state index contributed by atoms with van der Waals surface area (Å²) in [5.41, 5.74) is 0. The minimum Gasteiger partial charge on any atom is -0.456 e. The first kappa shape index (κ1) is 13.5. The van der Waals surface area contributed by atoms with Crippen LogP contribution < -0.4 is 0 Å². The minimum absolute atomic E-state index is 0.0855. The Hall–Kier alpha value is -2.14. The molecule has 0 amide bonds. The van der Waals surface area contributed by atoms with Crippen LogP contribution in [0.2, 0.25) is 0 Å². The Kier molecular flexibility index (Phi) is 3.42. The van der Waals surface area contributed by atoms with Gasteiger partial charge in [0.15, 0.2) is 0 Å². The molecule has 22 heavy (non-hydrogen) atoms.